The number of pyridine rings is 3. The van der Waals surface area contributed by atoms with Gasteiger partial charge in [0.05, 0.1) is 18.4 Å². The van der Waals surface area contributed by atoms with Crippen molar-refractivity contribution in [3.63, 3.8) is 0 Å². The Bertz CT molecular complexity index is 1390. The Balaban J connectivity index is 1.55. The quantitative estimate of drug-likeness (QED) is 0.441. The van der Waals surface area contributed by atoms with Crippen LogP contribution in [-0.4, -0.2) is 53.3 Å². The second kappa shape index (κ2) is 9.07. The van der Waals surface area contributed by atoms with E-state index >= 15 is 0 Å². The first-order valence-electron chi connectivity index (χ1n) is 11.9. The molecule has 0 amide bonds. The van der Waals surface area contributed by atoms with E-state index in [9.17, 15) is 0 Å². The molecule has 8 heteroatoms. The minimum Gasteiger partial charge on any atom is -0.383 e. The molecule has 1 aromatic carbocycles. The van der Waals surface area contributed by atoms with Crippen molar-refractivity contribution >= 4 is 34.1 Å². The van der Waals surface area contributed by atoms with E-state index in [1.807, 2.05) is 36.7 Å². The number of hydrogen-bond acceptors (Lipinski definition) is 7. The van der Waals surface area contributed by atoms with E-state index in [2.05, 4.69) is 34.3 Å². The van der Waals surface area contributed by atoms with Gasteiger partial charge in [-0.2, -0.15) is 0 Å². The Morgan fingerprint density at radius 1 is 1.09 bits per heavy atom. The van der Waals surface area contributed by atoms with Crippen LogP contribution >= 0.6 is 11.6 Å². The highest BCUT2D eigenvalue weighted by atomic mass is 35.5. The number of rotatable bonds is 3. The maximum Gasteiger partial charge on any atom is 0.161 e. The third-order valence-electron chi connectivity index (χ3n) is 6.91. The Kier molecular flexibility index (Phi) is 5.76. The van der Waals surface area contributed by atoms with Gasteiger partial charge in [-0.05, 0) is 54.8 Å². The fraction of sp³-hybridized carbons (Fsp3) is 0.296. The van der Waals surface area contributed by atoms with Crippen molar-refractivity contribution in [2.24, 2.45) is 0 Å². The molecule has 178 valence electrons. The largest absolute Gasteiger partial charge is 0.383 e. The lowest BCUT2D eigenvalue weighted by Gasteiger charge is -2.43. The van der Waals surface area contributed by atoms with Crippen LogP contribution in [0, 0.1) is 6.92 Å². The summed E-state index contributed by atoms with van der Waals surface area (Å²) in [6.07, 6.45) is 6.57. The van der Waals surface area contributed by atoms with Crippen LogP contribution in [0.2, 0.25) is 5.02 Å². The summed E-state index contributed by atoms with van der Waals surface area (Å²) in [4.78, 5) is 16.1. The van der Waals surface area contributed by atoms with Gasteiger partial charge >= 0.3 is 0 Å². The molecule has 2 aliphatic heterocycles. The normalized spacial score (nSPS) is 20.1. The van der Waals surface area contributed by atoms with Crippen molar-refractivity contribution in [2.45, 2.75) is 25.5 Å². The van der Waals surface area contributed by atoms with Crippen LogP contribution in [0.4, 0.5) is 11.5 Å². The Hall–Kier alpha value is -3.26. The monoisotopic (exact) mass is 486 g/mol. The molecule has 3 aromatic heterocycles. The molecule has 0 bridgehead atoms. The Morgan fingerprint density at radius 3 is 2.83 bits per heavy atom. The molecule has 0 unspecified atom stereocenters. The van der Waals surface area contributed by atoms with Gasteiger partial charge in [0, 0.05) is 71.4 Å². The minimum atomic E-state index is 0.139. The Morgan fingerprint density at radius 2 is 1.97 bits per heavy atom. The fourth-order valence-electron chi connectivity index (χ4n) is 5.30. The number of morpholine rings is 1. The molecule has 7 nitrogen and oxygen atoms in total. The third-order valence-corrected chi connectivity index (χ3v) is 7.13. The highest BCUT2D eigenvalue weighted by Crippen LogP contribution is 2.40. The van der Waals surface area contributed by atoms with Gasteiger partial charge in [-0.15, -0.1) is 0 Å². The van der Waals surface area contributed by atoms with E-state index in [1.54, 1.807) is 6.20 Å². The van der Waals surface area contributed by atoms with Gasteiger partial charge in [0.15, 0.2) is 5.65 Å². The molecule has 6 rings (SSSR count). The number of nitrogens with two attached hydrogens (primary N) is 1. The summed E-state index contributed by atoms with van der Waals surface area (Å²) in [5, 5.41) is 5.30. The zero-order valence-corrected chi connectivity index (χ0v) is 20.3. The Labute approximate surface area is 209 Å². The minimum absolute atomic E-state index is 0.139. The van der Waals surface area contributed by atoms with Crippen molar-refractivity contribution in [3.05, 3.63) is 65.6 Å². The zero-order chi connectivity index (χ0) is 23.9. The van der Waals surface area contributed by atoms with E-state index in [1.165, 1.54) is 0 Å². The number of fused-ring (bicyclic) bond motifs is 2. The van der Waals surface area contributed by atoms with Crippen molar-refractivity contribution in [3.8, 4) is 22.3 Å². The van der Waals surface area contributed by atoms with Gasteiger partial charge < -0.3 is 20.7 Å². The number of nitrogens with one attached hydrogen (secondary N) is 1. The topological polar surface area (TPSA) is 89.2 Å². The van der Waals surface area contributed by atoms with Gasteiger partial charge in [-0.3, -0.25) is 0 Å². The first kappa shape index (κ1) is 22.2. The number of aryl methyl sites for hydroxylation is 1. The third kappa shape index (κ3) is 4.20. The SMILES string of the molecule is Cc1cc(Cl)cc(-c2cnc3ncc(-c4cccnc4N)cc3c2N2CC[C@H]3NCCO[C@@H]3C2)c1. The van der Waals surface area contributed by atoms with E-state index in [4.69, 9.17) is 32.0 Å². The molecule has 35 heavy (non-hydrogen) atoms. The molecule has 0 aliphatic carbocycles. The molecule has 0 saturated carbocycles. The summed E-state index contributed by atoms with van der Waals surface area (Å²) in [7, 11) is 0. The molecule has 5 heterocycles. The molecule has 2 aliphatic rings. The number of halogens is 1. The van der Waals surface area contributed by atoms with Gasteiger partial charge in [0.1, 0.15) is 5.82 Å². The molecular weight excluding hydrogens is 460 g/mol. The number of aromatic nitrogens is 3. The molecule has 2 atom stereocenters. The molecule has 0 radical (unpaired) electrons. The predicted molar refractivity (Wildman–Crippen MR) is 141 cm³/mol. The van der Waals surface area contributed by atoms with E-state index in [0.29, 0.717) is 22.5 Å². The maximum atomic E-state index is 6.47. The number of ether oxygens (including phenoxy) is 1. The number of anilines is 2. The van der Waals surface area contributed by atoms with Crippen LogP contribution in [-0.2, 0) is 4.74 Å². The molecular formula is C27H27ClN6O. The average molecular weight is 487 g/mol. The second-order valence-electron chi connectivity index (χ2n) is 9.27. The molecule has 2 fully saturated rings. The van der Waals surface area contributed by atoms with E-state index < -0.39 is 0 Å². The van der Waals surface area contributed by atoms with Crippen LogP contribution in [0.1, 0.15) is 12.0 Å². The number of nitrogen functional groups attached to an aromatic ring is 1. The first-order valence-corrected chi connectivity index (χ1v) is 12.3. The lowest BCUT2D eigenvalue weighted by atomic mass is 9.95. The second-order valence-corrected chi connectivity index (χ2v) is 9.71. The van der Waals surface area contributed by atoms with E-state index in [0.717, 1.165) is 71.6 Å². The molecule has 3 N–H and O–H groups in total. The molecule has 4 aromatic rings. The van der Waals surface area contributed by atoms with Gasteiger partial charge in [-0.25, -0.2) is 15.0 Å². The summed E-state index contributed by atoms with van der Waals surface area (Å²) in [6, 6.07) is 12.5. The van der Waals surface area contributed by atoms with Crippen molar-refractivity contribution < 1.29 is 4.74 Å². The standard InChI is InChI=1S/C27H27ClN6O/c1-16-9-17(11-19(28)10-16)22-14-33-27-21(12-18(13-32-27)20-3-2-5-31-26(20)29)25(22)34-7-4-23-24(15-34)35-8-6-30-23/h2-3,5,9-14,23-24,30H,4,6-8,15H2,1H3,(H2,29,31)/t23-,24-/m1/s1. The lowest BCUT2D eigenvalue weighted by Crippen LogP contribution is -2.57. The van der Waals surface area contributed by atoms with Crippen LogP contribution in [0.5, 0.6) is 0 Å². The maximum absolute atomic E-state index is 6.47. The zero-order valence-electron chi connectivity index (χ0n) is 19.5. The van der Waals surface area contributed by atoms with Crippen LogP contribution in [0.15, 0.2) is 55.0 Å². The predicted octanol–water partition coefficient (Wildman–Crippen LogP) is 4.47. The number of nitrogens with zero attached hydrogens (tertiary/aromatic N) is 4. The van der Waals surface area contributed by atoms with E-state index in [-0.39, 0.29) is 6.10 Å². The van der Waals surface area contributed by atoms with Gasteiger partial charge in [0.2, 0.25) is 0 Å². The molecule has 2 saturated heterocycles. The first-order chi connectivity index (χ1) is 17.1. The van der Waals surface area contributed by atoms with Crippen LogP contribution in [0.3, 0.4) is 0 Å². The molecule has 0 spiro atoms. The number of hydrogen-bond donors (Lipinski definition) is 2. The van der Waals surface area contributed by atoms with Gasteiger partial charge in [0.25, 0.3) is 0 Å². The number of piperidine rings is 1. The lowest BCUT2D eigenvalue weighted by molar-refractivity contribution is -0.00896. The smallest absolute Gasteiger partial charge is 0.161 e. The van der Waals surface area contributed by atoms with Crippen molar-refractivity contribution in [2.75, 3.05) is 36.9 Å². The summed E-state index contributed by atoms with van der Waals surface area (Å²) in [5.74, 6) is 0.479. The fourth-order valence-corrected chi connectivity index (χ4v) is 5.59. The highest BCUT2D eigenvalue weighted by molar-refractivity contribution is 6.31. The van der Waals surface area contributed by atoms with Crippen LogP contribution in [0.25, 0.3) is 33.3 Å². The summed E-state index contributed by atoms with van der Waals surface area (Å²) in [6.45, 7) is 5.40. The average Bonchev–Trinajstić information content (AvgIpc) is 2.87. The summed E-state index contributed by atoms with van der Waals surface area (Å²) < 4.78 is 6.16. The van der Waals surface area contributed by atoms with Crippen molar-refractivity contribution in [1.82, 2.24) is 20.3 Å². The summed E-state index contributed by atoms with van der Waals surface area (Å²) >= 11 is 6.47. The highest BCUT2D eigenvalue weighted by Gasteiger charge is 2.33. The van der Waals surface area contributed by atoms with Crippen molar-refractivity contribution in [1.29, 1.82) is 0 Å². The van der Waals surface area contributed by atoms with Gasteiger partial charge in [-0.1, -0.05) is 17.7 Å². The van der Waals surface area contributed by atoms with Crippen LogP contribution < -0.4 is 16.0 Å². The summed E-state index contributed by atoms with van der Waals surface area (Å²) in [5.41, 5.74) is 12.9. The number of benzene rings is 1.